The lowest BCUT2D eigenvalue weighted by Crippen LogP contribution is -2.20. The van der Waals surface area contributed by atoms with Crippen LogP contribution in [0.1, 0.15) is 29.9 Å². The fourth-order valence-corrected chi connectivity index (χ4v) is 2.56. The van der Waals surface area contributed by atoms with Gasteiger partial charge < -0.3 is 19.3 Å². The normalized spacial score (nSPS) is 20.5. The van der Waals surface area contributed by atoms with Crippen LogP contribution >= 0.6 is 0 Å². The highest BCUT2D eigenvalue weighted by Crippen LogP contribution is 2.38. The van der Waals surface area contributed by atoms with Gasteiger partial charge >= 0.3 is 5.97 Å². The monoisotopic (exact) mass is 316 g/mol. The summed E-state index contributed by atoms with van der Waals surface area (Å²) in [5.41, 5.74) is 1.47. The molecule has 2 atom stereocenters. The maximum Gasteiger partial charge on any atom is 0.330 e. The lowest BCUT2D eigenvalue weighted by molar-refractivity contribution is -0.134. The molecule has 5 nitrogen and oxygen atoms in total. The standard InChI is InChI=1S/C18H20O5/c1-21-13-10-12-6-4-5-7-15(19)14(8-9-17(20)23-3)18(12)16(11-13)22-2/h8-11,14-15,19H,5,7H2,1-3H3/b6-4?,9-8+/t14-,15+/m1/s1. The molecule has 0 aliphatic heterocycles. The molecule has 23 heavy (non-hydrogen) atoms. The quantitative estimate of drug-likeness (QED) is 0.681. The zero-order valence-corrected chi connectivity index (χ0v) is 13.5. The second kappa shape index (κ2) is 7.83. The maximum atomic E-state index is 11.4. The van der Waals surface area contributed by atoms with Gasteiger partial charge in [0.25, 0.3) is 0 Å². The molecule has 0 unspecified atom stereocenters. The van der Waals surface area contributed by atoms with Crippen molar-refractivity contribution in [2.75, 3.05) is 21.3 Å². The summed E-state index contributed by atoms with van der Waals surface area (Å²) in [5, 5.41) is 10.5. The molecule has 1 aromatic carbocycles. The van der Waals surface area contributed by atoms with Crippen molar-refractivity contribution in [3.8, 4) is 11.5 Å². The van der Waals surface area contributed by atoms with E-state index in [2.05, 4.69) is 16.9 Å². The predicted molar refractivity (Wildman–Crippen MR) is 84.3 cm³/mol. The molecule has 0 saturated heterocycles. The van der Waals surface area contributed by atoms with Crippen molar-refractivity contribution in [1.29, 1.82) is 0 Å². The highest BCUT2D eigenvalue weighted by Gasteiger charge is 2.26. The summed E-state index contributed by atoms with van der Waals surface area (Å²) in [6.07, 6.45) is 9.49. The van der Waals surface area contributed by atoms with Gasteiger partial charge in [-0.15, -0.1) is 0 Å². The van der Waals surface area contributed by atoms with Crippen LogP contribution in [0.2, 0.25) is 0 Å². The molecule has 0 fully saturated rings. The topological polar surface area (TPSA) is 65.0 Å². The summed E-state index contributed by atoms with van der Waals surface area (Å²) >= 11 is 0. The van der Waals surface area contributed by atoms with E-state index in [1.807, 2.05) is 6.07 Å². The Bertz CT molecular complexity index is 618. The van der Waals surface area contributed by atoms with Crippen LogP contribution in [0.25, 0.3) is 0 Å². The Morgan fingerprint density at radius 1 is 1.30 bits per heavy atom. The number of benzene rings is 1. The van der Waals surface area contributed by atoms with Gasteiger partial charge in [0.2, 0.25) is 0 Å². The van der Waals surface area contributed by atoms with E-state index in [0.29, 0.717) is 24.3 Å². The third-order valence-electron chi connectivity index (χ3n) is 3.75. The molecule has 2 rings (SSSR count). The first-order valence-electron chi connectivity index (χ1n) is 7.29. The third-order valence-corrected chi connectivity index (χ3v) is 3.75. The van der Waals surface area contributed by atoms with Gasteiger partial charge in [-0.05, 0) is 36.6 Å². The molecule has 0 bridgehead atoms. The number of ether oxygens (including phenoxy) is 3. The average molecular weight is 316 g/mol. The Kier molecular flexibility index (Phi) is 5.82. The number of aliphatic hydroxyl groups excluding tert-OH is 1. The van der Waals surface area contributed by atoms with E-state index in [1.165, 1.54) is 13.2 Å². The molecule has 1 aromatic rings. The second-order valence-corrected chi connectivity index (χ2v) is 5.11. The number of aliphatic hydroxyl groups is 1. The molecular weight excluding hydrogens is 296 g/mol. The molecular formula is C18H20O5. The van der Waals surface area contributed by atoms with Crippen molar-refractivity contribution in [2.45, 2.75) is 24.9 Å². The minimum Gasteiger partial charge on any atom is -0.497 e. The number of hydrogen-bond donors (Lipinski definition) is 1. The summed E-state index contributed by atoms with van der Waals surface area (Å²) in [6, 6.07) is 3.55. The van der Waals surface area contributed by atoms with E-state index in [1.54, 1.807) is 26.4 Å². The minimum atomic E-state index is -0.674. The van der Waals surface area contributed by atoms with Crippen LogP contribution in [0.3, 0.4) is 0 Å². The van der Waals surface area contributed by atoms with Crippen molar-refractivity contribution in [3.63, 3.8) is 0 Å². The van der Waals surface area contributed by atoms with Gasteiger partial charge in [0, 0.05) is 23.6 Å². The SMILES string of the molecule is COC(=O)/C=C/[C@H]1c2c(cc(OC)cc2OC)[C]=[C]CC[C@@H]1O. The molecule has 0 amide bonds. The third kappa shape index (κ3) is 3.93. The Labute approximate surface area is 136 Å². The summed E-state index contributed by atoms with van der Waals surface area (Å²) in [6.45, 7) is 0. The molecule has 0 heterocycles. The van der Waals surface area contributed by atoms with Gasteiger partial charge in [0.15, 0.2) is 0 Å². The smallest absolute Gasteiger partial charge is 0.330 e. The van der Waals surface area contributed by atoms with Gasteiger partial charge in [0.1, 0.15) is 11.5 Å². The van der Waals surface area contributed by atoms with Gasteiger partial charge in [0.05, 0.1) is 27.4 Å². The molecule has 1 aliphatic rings. The molecule has 0 spiro atoms. The molecule has 2 radical (unpaired) electrons. The number of fused-ring (bicyclic) bond motifs is 1. The number of carbonyl (C=O) groups is 1. The minimum absolute atomic E-state index is 0.417. The van der Waals surface area contributed by atoms with Crippen LogP contribution in [0.5, 0.6) is 11.5 Å². The first kappa shape index (κ1) is 17.1. The summed E-state index contributed by atoms with van der Waals surface area (Å²) in [4.78, 5) is 11.4. The highest BCUT2D eigenvalue weighted by molar-refractivity contribution is 5.82. The fourth-order valence-electron chi connectivity index (χ4n) is 2.56. The Balaban J connectivity index is 2.57. The first-order chi connectivity index (χ1) is 11.1. The summed E-state index contributed by atoms with van der Waals surface area (Å²) in [5.74, 6) is 0.300. The van der Waals surface area contributed by atoms with Gasteiger partial charge in [-0.2, -0.15) is 0 Å². The Hall–Kier alpha value is -2.27. The molecule has 5 heteroatoms. The van der Waals surface area contributed by atoms with E-state index in [-0.39, 0.29) is 0 Å². The predicted octanol–water partition coefficient (Wildman–Crippen LogP) is 2.18. The first-order valence-corrected chi connectivity index (χ1v) is 7.29. The van der Waals surface area contributed by atoms with Crippen LogP contribution in [0.4, 0.5) is 0 Å². The number of carbonyl (C=O) groups excluding carboxylic acids is 1. The molecule has 1 N–H and O–H groups in total. The summed E-state index contributed by atoms with van der Waals surface area (Å²) in [7, 11) is 4.43. The van der Waals surface area contributed by atoms with Gasteiger partial charge in [-0.3, -0.25) is 0 Å². The lowest BCUT2D eigenvalue weighted by atomic mass is 9.84. The second-order valence-electron chi connectivity index (χ2n) is 5.11. The van der Waals surface area contributed by atoms with Crippen LogP contribution in [0.15, 0.2) is 24.3 Å². The lowest BCUT2D eigenvalue weighted by Gasteiger charge is -2.25. The molecule has 1 aliphatic carbocycles. The van der Waals surface area contributed by atoms with E-state index < -0.39 is 18.0 Å². The van der Waals surface area contributed by atoms with Crippen LogP contribution in [0, 0.1) is 12.2 Å². The van der Waals surface area contributed by atoms with E-state index in [9.17, 15) is 9.90 Å². The number of rotatable bonds is 4. The molecule has 122 valence electrons. The Morgan fingerprint density at radius 2 is 2.09 bits per heavy atom. The van der Waals surface area contributed by atoms with Gasteiger partial charge in [-0.1, -0.05) is 6.08 Å². The van der Waals surface area contributed by atoms with Crippen molar-refractivity contribution in [3.05, 3.63) is 47.6 Å². The fraction of sp³-hybridized carbons (Fsp3) is 0.389. The average Bonchev–Trinajstić information content (AvgIpc) is 2.57. The zero-order valence-electron chi connectivity index (χ0n) is 13.5. The van der Waals surface area contributed by atoms with Crippen molar-refractivity contribution < 1.29 is 24.1 Å². The van der Waals surface area contributed by atoms with Gasteiger partial charge in [-0.25, -0.2) is 4.79 Å². The molecule has 0 aromatic heterocycles. The van der Waals surface area contributed by atoms with Crippen LogP contribution < -0.4 is 9.47 Å². The number of allylic oxidation sites excluding steroid dienone is 1. The Morgan fingerprint density at radius 3 is 2.74 bits per heavy atom. The van der Waals surface area contributed by atoms with Crippen LogP contribution in [-0.4, -0.2) is 38.5 Å². The van der Waals surface area contributed by atoms with Crippen LogP contribution in [-0.2, 0) is 9.53 Å². The number of esters is 1. The van der Waals surface area contributed by atoms with E-state index in [0.717, 1.165) is 11.1 Å². The highest BCUT2D eigenvalue weighted by atomic mass is 16.5. The van der Waals surface area contributed by atoms with E-state index in [4.69, 9.17) is 9.47 Å². The van der Waals surface area contributed by atoms with E-state index >= 15 is 0 Å². The molecule has 0 saturated carbocycles. The van der Waals surface area contributed by atoms with Crippen molar-refractivity contribution >= 4 is 5.97 Å². The van der Waals surface area contributed by atoms with Crippen molar-refractivity contribution in [2.24, 2.45) is 0 Å². The number of methoxy groups -OCH3 is 3. The number of hydrogen-bond acceptors (Lipinski definition) is 5. The van der Waals surface area contributed by atoms with Crippen molar-refractivity contribution in [1.82, 2.24) is 0 Å². The zero-order chi connectivity index (χ0) is 16.8. The summed E-state index contributed by atoms with van der Waals surface area (Å²) < 4.78 is 15.4. The maximum absolute atomic E-state index is 11.4. The largest absolute Gasteiger partial charge is 0.497 e.